The third kappa shape index (κ3) is 26.9. The second-order valence-corrected chi connectivity index (χ2v) is 4.46. The molecule has 0 saturated carbocycles. The third-order valence-electron chi connectivity index (χ3n) is 2.98. The van der Waals surface area contributed by atoms with E-state index >= 15 is 0 Å². The normalized spacial score (nSPS) is 18.5. The molecule has 0 aromatic rings. The Bertz CT molecular complexity index is 144. The number of unbranched alkanes of at least 4 members (excludes halogenated alkanes) is 2. The lowest BCUT2D eigenvalue weighted by atomic mass is 10.1. The summed E-state index contributed by atoms with van der Waals surface area (Å²) in [5.41, 5.74) is 0. The van der Waals surface area contributed by atoms with Gasteiger partial charge in [-0.1, -0.05) is 26.7 Å². The van der Waals surface area contributed by atoms with Crippen LogP contribution in [0.15, 0.2) is 0 Å². The maximum absolute atomic E-state index is 7.00. The van der Waals surface area contributed by atoms with Gasteiger partial charge in [0.2, 0.25) is 0 Å². The molecule has 0 aromatic carbocycles. The average Bonchev–Trinajstić information content (AvgIpc) is 2.67. The Kier molecular flexibility index (Phi) is 44.4. The van der Waals surface area contributed by atoms with Gasteiger partial charge in [-0.3, -0.25) is 0 Å². The Labute approximate surface area is 143 Å². The highest BCUT2D eigenvalue weighted by molar-refractivity contribution is 4.63. The molecule has 0 spiro atoms. The van der Waals surface area contributed by atoms with E-state index in [1.165, 1.54) is 32.1 Å². The molecule has 6 heteroatoms. The quantitative estimate of drug-likeness (QED) is 0.643. The minimum absolute atomic E-state index is 0.0682. The van der Waals surface area contributed by atoms with Gasteiger partial charge in [0, 0.05) is 42.2 Å². The third-order valence-corrected chi connectivity index (χ3v) is 2.98. The summed E-state index contributed by atoms with van der Waals surface area (Å²) in [6, 6.07) is 0. The minimum atomic E-state index is 0.0682. The number of hydrogen-bond donors (Lipinski definition) is 3. The minimum Gasteiger partial charge on any atom is -0.400 e. The lowest BCUT2D eigenvalue weighted by Crippen LogP contribution is -2.28. The molecule has 1 fully saturated rings. The van der Waals surface area contributed by atoms with Gasteiger partial charge in [0.15, 0.2) is 6.29 Å². The number of rotatable bonds is 6. The molecule has 0 aromatic heterocycles. The zero-order chi connectivity index (χ0) is 18.9. The summed E-state index contributed by atoms with van der Waals surface area (Å²) in [5, 5.41) is 21.0. The molecular formula is C17H42O6. The Morgan fingerprint density at radius 3 is 1.87 bits per heavy atom. The van der Waals surface area contributed by atoms with Crippen LogP contribution >= 0.6 is 0 Å². The van der Waals surface area contributed by atoms with Crippen molar-refractivity contribution in [1.29, 1.82) is 0 Å². The summed E-state index contributed by atoms with van der Waals surface area (Å²) in [4.78, 5) is 0. The maximum atomic E-state index is 7.00. The number of ether oxygens (including phenoxy) is 3. The molecule has 23 heavy (non-hydrogen) atoms. The van der Waals surface area contributed by atoms with Crippen LogP contribution in [0.4, 0.5) is 0 Å². The van der Waals surface area contributed by atoms with Crippen molar-refractivity contribution in [1.82, 2.24) is 0 Å². The Morgan fingerprint density at radius 2 is 1.48 bits per heavy atom. The summed E-state index contributed by atoms with van der Waals surface area (Å²) in [7, 11) is 6.46. The van der Waals surface area contributed by atoms with Gasteiger partial charge in [-0.05, 0) is 32.1 Å². The van der Waals surface area contributed by atoms with Crippen LogP contribution in [0.1, 0.15) is 58.8 Å². The molecule has 1 aliphatic heterocycles. The molecule has 0 radical (unpaired) electrons. The molecule has 0 aliphatic carbocycles. The van der Waals surface area contributed by atoms with E-state index in [-0.39, 0.29) is 6.29 Å². The fraction of sp³-hybridized carbons (Fsp3) is 1.00. The van der Waals surface area contributed by atoms with E-state index in [4.69, 9.17) is 29.5 Å². The maximum Gasteiger partial charge on any atom is 0.157 e. The first-order valence-corrected chi connectivity index (χ1v) is 8.29. The van der Waals surface area contributed by atoms with Crippen LogP contribution in [0.25, 0.3) is 0 Å². The highest BCUT2D eigenvalue weighted by atomic mass is 16.7. The summed E-state index contributed by atoms with van der Waals surface area (Å²) in [5.74, 6) is 0. The van der Waals surface area contributed by atoms with Crippen molar-refractivity contribution in [2.24, 2.45) is 0 Å². The largest absolute Gasteiger partial charge is 0.400 e. The summed E-state index contributed by atoms with van der Waals surface area (Å²) in [6.07, 6.45) is 8.93. The van der Waals surface area contributed by atoms with Crippen molar-refractivity contribution in [3.05, 3.63) is 0 Å². The van der Waals surface area contributed by atoms with Crippen molar-refractivity contribution in [3.63, 3.8) is 0 Å². The molecule has 0 bridgehead atoms. The second kappa shape index (κ2) is 33.4. The van der Waals surface area contributed by atoms with Gasteiger partial charge >= 0.3 is 0 Å². The second-order valence-electron chi connectivity index (χ2n) is 4.46. The zero-order valence-electron chi connectivity index (χ0n) is 16.4. The van der Waals surface area contributed by atoms with Gasteiger partial charge in [-0.15, -0.1) is 0 Å². The van der Waals surface area contributed by atoms with Crippen molar-refractivity contribution in [3.8, 4) is 0 Å². The first kappa shape index (κ1) is 30.6. The van der Waals surface area contributed by atoms with E-state index in [9.17, 15) is 0 Å². The van der Waals surface area contributed by atoms with E-state index in [1.54, 1.807) is 14.2 Å². The van der Waals surface area contributed by atoms with Gasteiger partial charge in [0.25, 0.3) is 0 Å². The molecule has 6 nitrogen and oxygen atoms in total. The van der Waals surface area contributed by atoms with Crippen LogP contribution in [0.5, 0.6) is 0 Å². The SMILES string of the molecule is CCC1CCCC(OC)O1.CCCCCOC.CO.CO.CO. The number of methoxy groups -OCH3 is 2. The average molecular weight is 343 g/mol. The molecule has 1 heterocycles. The molecule has 1 aliphatic rings. The van der Waals surface area contributed by atoms with Crippen LogP contribution in [-0.4, -0.2) is 69.9 Å². The van der Waals surface area contributed by atoms with E-state index in [1.807, 2.05) is 0 Å². The van der Waals surface area contributed by atoms with Gasteiger partial charge in [-0.2, -0.15) is 0 Å². The summed E-state index contributed by atoms with van der Waals surface area (Å²) in [6.45, 7) is 5.27. The van der Waals surface area contributed by atoms with Crippen LogP contribution < -0.4 is 0 Å². The first-order chi connectivity index (χ1) is 11.3. The zero-order valence-corrected chi connectivity index (χ0v) is 16.4. The molecular weight excluding hydrogens is 300 g/mol. The molecule has 1 rings (SSSR count). The van der Waals surface area contributed by atoms with E-state index in [2.05, 4.69) is 13.8 Å². The summed E-state index contributed by atoms with van der Waals surface area (Å²) >= 11 is 0. The first-order valence-electron chi connectivity index (χ1n) is 8.29. The van der Waals surface area contributed by atoms with Crippen molar-refractivity contribution >= 4 is 0 Å². The van der Waals surface area contributed by atoms with E-state index in [0.29, 0.717) is 6.10 Å². The number of hydrogen-bond acceptors (Lipinski definition) is 6. The molecule has 1 saturated heterocycles. The molecule has 2 unspecified atom stereocenters. The lowest BCUT2D eigenvalue weighted by molar-refractivity contribution is -0.180. The molecule has 3 N–H and O–H groups in total. The van der Waals surface area contributed by atoms with Gasteiger partial charge in [0.05, 0.1) is 6.10 Å². The Morgan fingerprint density at radius 1 is 0.913 bits per heavy atom. The topological polar surface area (TPSA) is 88.4 Å². The predicted molar refractivity (Wildman–Crippen MR) is 95.6 cm³/mol. The van der Waals surface area contributed by atoms with Crippen LogP contribution in [0.3, 0.4) is 0 Å². The summed E-state index contributed by atoms with van der Waals surface area (Å²) < 4.78 is 15.5. The van der Waals surface area contributed by atoms with Crippen molar-refractivity contribution in [2.45, 2.75) is 71.2 Å². The molecule has 146 valence electrons. The van der Waals surface area contributed by atoms with Gasteiger partial charge < -0.3 is 29.5 Å². The van der Waals surface area contributed by atoms with Gasteiger partial charge in [-0.25, -0.2) is 0 Å². The Balaban J connectivity index is -0.000000122. The van der Waals surface area contributed by atoms with Crippen molar-refractivity contribution in [2.75, 3.05) is 42.2 Å². The van der Waals surface area contributed by atoms with Crippen LogP contribution in [0.2, 0.25) is 0 Å². The van der Waals surface area contributed by atoms with E-state index in [0.717, 1.165) is 40.8 Å². The van der Waals surface area contributed by atoms with Crippen molar-refractivity contribution < 1.29 is 29.5 Å². The van der Waals surface area contributed by atoms with Crippen LogP contribution in [-0.2, 0) is 14.2 Å². The lowest BCUT2D eigenvalue weighted by Gasteiger charge is -2.27. The highest BCUT2D eigenvalue weighted by Crippen LogP contribution is 2.20. The number of aliphatic hydroxyl groups is 3. The van der Waals surface area contributed by atoms with Gasteiger partial charge in [0.1, 0.15) is 0 Å². The fourth-order valence-electron chi connectivity index (χ4n) is 1.83. The monoisotopic (exact) mass is 342 g/mol. The molecule has 0 amide bonds. The molecule has 2 atom stereocenters. The number of aliphatic hydroxyl groups excluding tert-OH is 3. The predicted octanol–water partition coefficient (Wildman–Crippen LogP) is 2.59. The van der Waals surface area contributed by atoms with E-state index < -0.39 is 0 Å². The fourth-order valence-corrected chi connectivity index (χ4v) is 1.83. The standard InChI is InChI=1S/C8H16O2.C6H14O.3CH4O/c1-3-7-5-4-6-8(9-2)10-7;1-3-4-5-6-7-2;3*1-2/h7-8H,3-6H2,1-2H3;3-6H2,1-2H3;3*2H,1H3. The highest BCUT2D eigenvalue weighted by Gasteiger charge is 2.19. The smallest absolute Gasteiger partial charge is 0.157 e. The van der Waals surface area contributed by atoms with Crippen LogP contribution in [0, 0.1) is 0 Å². The Hall–Kier alpha value is -0.240.